The summed E-state index contributed by atoms with van der Waals surface area (Å²) in [7, 11) is 0. The lowest BCUT2D eigenvalue weighted by Crippen LogP contribution is -2.44. The fourth-order valence-corrected chi connectivity index (χ4v) is 5.36. The molecule has 6 heteroatoms. The van der Waals surface area contributed by atoms with Gasteiger partial charge in [-0.3, -0.25) is 0 Å². The van der Waals surface area contributed by atoms with E-state index >= 15 is 0 Å². The van der Waals surface area contributed by atoms with Crippen LogP contribution in [0.4, 0.5) is 13.2 Å². The Morgan fingerprint density at radius 2 is 1.77 bits per heavy atom. The van der Waals surface area contributed by atoms with Crippen molar-refractivity contribution >= 4 is 5.70 Å². The molecule has 1 saturated heterocycles. The number of alkyl halides is 3. The largest absolute Gasteiger partial charge is 0.393 e. The molecule has 0 bridgehead atoms. The first-order chi connectivity index (χ1) is 16.7. The van der Waals surface area contributed by atoms with Gasteiger partial charge < -0.3 is 15.1 Å². The monoisotopic (exact) mass is 485 g/mol. The second-order valence-corrected chi connectivity index (χ2v) is 10.2. The molecule has 3 heterocycles. The van der Waals surface area contributed by atoms with Crippen LogP contribution in [0.1, 0.15) is 51.7 Å². The Labute approximate surface area is 208 Å². The number of rotatable bonds is 4. The molecule has 4 rings (SSSR count). The number of allylic oxidation sites excluding steroid dienone is 4. The second kappa shape index (κ2) is 10.7. The molecule has 3 unspecified atom stereocenters. The summed E-state index contributed by atoms with van der Waals surface area (Å²) in [4.78, 5) is 4.73. The normalized spacial score (nSPS) is 26.0. The van der Waals surface area contributed by atoms with Crippen LogP contribution in [-0.4, -0.2) is 42.2 Å². The predicted molar refractivity (Wildman–Crippen MR) is 137 cm³/mol. The highest BCUT2D eigenvalue weighted by Crippen LogP contribution is 2.40. The van der Waals surface area contributed by atoms with Gasteiger partial charge in [-0.25, -0.2) is 0 Å². The van der Waals surface area contributed by atoms with E-state index in [-0.39, 0.29) is 5.92 Å². The first-order valence-corrected chi connectivity index (χ1v) is 12.9. The number of hydrogen-bond donors (Lipinski definition) is 1. The van der Waals surface area contributed by atoms with E-state index in [1.54, 1.807) is 18.2 Å². The third kappa shape index (κ3) is 6.03. The lowest BCUT2D eigenvalue weighted by atomic mass is 9.86. The molecule has 1 aromatic carbocycles. The van der Waals surface area contributed by atoms with Crippen LogP contribution in [0.2, 0.25) is 0 Å². The minimum atomic E-state index is -4.23. The average molecular weight is 486 g/mol. The Morgan fingerprint density at radius 3 is 2.46 bits per heavy atom. The number of hydrogen-bond acceptors (Lipinski definition) is 3. The lowest BCUT2D eigenvalue weighted by molar-refractivity contribution is -0.127. The Bertz CT molecular complexity index is 1030. The molecule has 1 N–H and O–H groups in total. The molecular formula is C29H38F3N3. The van der Waals surface area contributed by atoms with Gasteiger partial charge >= 0.3 is 6.18 Å². The number of fused-ring (bicyclic) bond motifs is 1. The Hall–Kier alpha value is -2.47. The summed E-state index contributed by atoms with van der Waals surface area (Å²) < 4.78 is 39.6. The molecule has 0 saturated carbocycles. The van der Waals surface area contributed by atoms with Gasteiger partial charge in [0, 0.05) is 38.1 Å². The Morgan fingerprint density at radius 1 is 1.03 bits per heavy atom. The quantitative estimate of drug-likeness (QED) is 0.510. The summed E-state index contributed by atoms with van der Waals surface area (Å²) >= 11 is 0. The molecule has 3 nitrogen and oxygen atoms in total. The van der Waals surface area contributed by atoms with Crippen LogP contribution in [0.5, 0.6) is 0 Å². The van der Waals surface area contributed by atoms with Crippen LogP contribution in [0.3, 0.4) is 0 Å². The molecule has 35 heavy (non-hydrogen) atoms. The van der Waals surface area contributed by atoms with Gasteiger partial charge in [-0.2, -0.15) is 13.2 Å². The molecule has 1 aromatic rings. The highest BCUT2D eigenvalue weighted by atomic mass is 19.4. The van der Waals surface area contributed by atoms with E-state index in [1.807, 2.05) is 6.07 Å². The van der Waals surface area contributed by atoms with Gasteiger partial charge in [-0.05, 0) is 54.7 Å². The molecule has 0 radical (unpaired) electrons. The zero-order valence-electron chi connectivity index (χ0n) is 21.3. The van der Waals surface area contributed by atoms with E-state index in [9.17, 15) is 13.2 Å². The molecular weight excluding hydrogens is 447 g/mol. The molecule has 1 fully saturated rings. The standard InChI is InChI=1S/C29H38F3N3/c1-5-24-17-28-26(34-13-11-33-12-14-34)10-9-20(2)15-27(35(28)19-21(3)22(24)4)25-8-6-7-23(16-25)18-29(30,31)32/h6-8,10,15-17,19-20,22,24,33H,5,9,11-14,18H2,1-4H3. The first-order valence-electron chi connectivity index (χ1n) is 12.9. The maximum Gasteiger partial charge on any atom is 0.393 e. The van der Waals surface area contributed by atoms with Gasteiger partial charge in [-0.1, -0.05) is 62.8 Å². The van der Waals surface area contributed by atoms with E-state index < -0.39 is 12.6 Å². The molecule has 190 valence electrons. The highest BCUT2D eigenvalue weighted by molar-refractivity contribution is 5.69. The minimum absolute atomic E-state index is 0.257. The van der Waals surface area contributed by atoms with Gasteiger partial charge in [-0.15, -0.1) is 0 Å². The summed E-state index contributed by atoms with van der Waals surface area (Å²) in [5, 5.41) is 3.45. The zero-order chi connectivity index (χ0) is 25.2. The fraction of sp³-hybridized carbons (Fsp3) is 0.517. The van der Waals surface area contributed by atoms with Crippen LogP contribution in [0.15, 0.2) is 65.7 Å². The molecule has 0 amide bonds. The van der Waals surface area contributed by atoms with Crippen LogP contribution in [0, 0.1) is 17.8 Å². The lowest BCUT2D eigenvalue weighted by Gasteiger charge is -2.38. The van der Waals surface area contributed by atoms with Gasteiger partial charge in [0.2, 0.25) is 0 Å². The summed E-state index contributed by atoms with van der Waals surface area (Å²) in [6, 6.07) is 6.99. The average Bonchev–Trinajstić information content (AvgIpc) is 2.93. The SMILES string of the molecule is CCC1C=C2C(N3CCNCC3)=CCC(C)C=C(c3cccc(CC(F)(F)F)c3)N2C=C(C)C1C. The van der Waals surface area contributed by atoms with Crippen molar-refractivity contribution in [1.82, 2.24) is 15.1 Å². The highest BCUT2D eigenvalue weighted by Gasteiger charge is 2.31. The van der Waals surface area contributed by atoms with E-state index in [2.05, 4.69) is 67.2 Å². The maximum atomic E-state index is 13.2. The van der Waals surface area contributed by atoms with Gasteiger partial charge in [0.05, 0.1) is 17.8 Å². The van der Waals surface area contributed by atoms with E-state index in [4.69, 9.17) is 0 Å². The van der Waals surface area contributed by atoms with Crippen LogP contribution in [-0.2, 0) is 6.42 Å². The van der Waals surface area contributed by atoms with Crippen molar-refractivity contribution in [3.8, 4) is 0 Å². The second-order valence-electron chi connectivity index (χ2n) is 10.2. The smallest absolute Gasteiger partial charge is 0.368 e. The molecule has 0 spiro atoms. The number of nitrogens with zero attached hydrogens (tertiary/aromatic N) is 2. The molecule has 3 aliphatic rings. The van der Waals surface area contributed by atoms with Gasteiger partial charge in [0.15, 0.2) is 0 Å². The summed E-state index contributed by atoms with van der Waals surface area (Å²) in [5.74, 6) is 1.04. The van der Waals surface area contributed by atoms with Crippen molar-refractivity contribution in [2.24, 2.45) is 17.8 Å². The minimum Gasteiger partial charge on any atom is -0.368 e. The van der Waals surface area contributed by atoms with Crippen LogP contribution < -0.4 is 5.32 Å². The van der Waals surface area contributed by atoms with Gasteiger partial charge in [0.25, 0.3) is 0 Å². The topological polar surface area (TPSA) is 18.5 Å². The van der Waals surface area contributed by atoms with Crippen LogP contribution in [0.25, 0.3) is 5.70 Å². The number of halogens is 3. The molecule has 0 aliphatic carbocycles. The van der Waals surface area contributed by atoms with E-state index in [0.29, 0.717) is 17.4 Å². The molecule has 0 aromatic heterocycles. The maximum absolute atomic E-state index is 13.2. The van der Waals surface area contributed by atoms with Crippen molar-refractivity contribution in [2.75, 3.05) is 26.2 Å². The predicted octanol–water partition coefficient (Wildman–Crippen LogP) is 6.73. The fourth-order valence-electron chi connectivity index (χ4n) is 5.36. The first kappa shape index (κ1) is 25.6. The zero-order valence-corrected chi connectivity index (χ0v) is 21.3. The van der Waals surface area contributed by atoms with Crippen molar-refractivity contribution in [3.05, 3.63) is 76.8 Å². The summed E-state index contributed by atoms with van der Waals surface area (Å²) in [5.41, 5.74) is 5.78. The Balaban J connectivity index is 1.86. The third-order valence-corrected chi connectivity index (χ3v) is 7.53. The van der Waals surface area contributed by atoms with E-state index in [0.717, 1.165) is 56.0 Å². The molecule has 3 aliphatic heterocycles. The number of piperazine rings is 1. The number of benzene rings is 1. The van der Waals surface area contributed by atoms with Crippen molar-refractivity contribution in [2.45, 2.75) is 53.1 Å². The van der Waals surface area contributed by atoms with Crippen molar-refractivity contribution in [1.29, 1.82) is 0 Å². The van der Waals surface area contributed by atoms with Crippen molar-refractivity contribution in [3.63, 3.8) is 0 Å². The Kier molecular flexibility index (Phi) is 7.80. The van der Waals surface area contributed by atoms with Gasteiger partial charge in [0.1, 0.15) is 0 Å². The van der Waals surface area contributed by atoms with Crippen molar-refractivity contribution < 1.29 is 13.2 Å². The molecule has 3 atom stereocenters. The summed E-state index contributed by atoms with van der Waals surface area (Å²) in [6.45, 7) is 12.7. The summed E-state index contributed by atoms with van der Waals surface area (Å²) in [6.07, 6.45) is 6.02. The van der Waals surface area contributed by atoms with E-state index in [1.165, 1.54) is 11.3 Å². The number of nitrogens with one attached hydrogen (secondary N) is 1. The third-order valence-electron chi connectivity index (χ3n) is 7.53. The van der Waals surface area contributed by atoms with Crippen LogP contribution >= 0.6 is 0 Å².